The van der Waals surface area contributed by atoms with Crippen LogP contribution in [0.2, 0.25) is 0 Å². The summed E-state index contributed by atoms with van der Waals surface area (Å²) in [5, 5.41) is 6.22. The number of ether oxygens (including phenoxy) is 1. The Labute approximate surface area is 157 Å². The van der Waals surface area contributed by atoms with E-state index in [1.807, 2.05) is 66.7 Å². The second kappa shape index (κ2) is 7.63. The highest BCUT2D eigenvalue weighted by molar-refractivity contribution is 5.94. The fourth-order valence-corrected chi connectivity index (χ4v) is 3.52. The Balaban J connectivity index is 1.42. The van der Waals surface area contributed by atoms with Crippen LogP contribution in [0, 0.1) is 5.92 Å². The van der Waals surface area contributed by atoms with E-state index < -0.39 is 6.09 Å². The fraction of sp³-hybridized carbons (Fsp3) is 0.238. The summed E-state index contributed by atoms with van der Waals surface area (Å²) in [5.74, 6) is -0.465. The molecule has 0 saturated carbocycles. The molecule has 27 heavy (non-hydrogen) atoms. The minimum absolute atomic E-state index is 0.107. The number of amides is 2. The monoisotopic (exact) mass is 363 g/mol. The van der Waals surface area contributed by atoms with E-state index in [1.165, 1.54) is 0 Å². The number of likely N-dealkylation sites (tertiary alicyclic amines) is 1. The lowest BCUT2D eigenvalue weighted by Crippen LogP contribution is -2.38. The Morgan fingerprint density at radius 1 is 1.07 bits per heavy atom. The van der Waals surface area contributed by atoms with Crippen molar-refractivity contribution in [2.75, 3.05) is 18.4 Å². The summed E-state index contributed by atoms with van der Waals surface area (Å²) in [7, 11) is 0. The van der Waals surface area contributed by atoms with Gasteiger partial charge in [-0.2, -0.15) is 0 Å². The van der Waals surface area contributed by atoms with Crippen molar-refractivity contribution in [3.05, 3.63) is 78.0 Å². The van der Waals surface area contributed by atoms with E-state index in [9.17, 15) is 9.59 Å². The molecular formula is C21H21N3O3. The van der Waals surface area contributed by atoms with E-state index in [2.05, 4.69) is 10.6 Å². The first-order valence-electron chi connectivity index (χ1n) is 9.00. The van der Waals surface area contributed by atoms with Gasteiger partial charge in [-0.25, -0.2) is 4.79 Å². The molecule has 4 rings (SSSR count). The van der Waals surface area contributed by atoms with Gasteiger partial charge in [0, 0.05) is 24.5 Å². The van der Waals surface area contributed by atoms with Gasteiger partial charge in [0.15, 0.2) is 0 Å². The van der Waals surface area contributed by atoms with Crippen molar-refractivity contribution in [2.24, 2.45) is 5.92 Å². The third-order valence-electron chi connectivity index (χ3n) is 4.86. The van der Waals surface area contributed by atoms with Crippen molar-refractivity contribution in [2.45, 2.75) is 12.6 Å². The minimum atomic E-state index is -0.422. The quantitative estimate of drug-likeness (QED) is 0.876. The van der Waals surface area contributed by atoms with E-state index in [0.29, 0.717) is 13.1 Å². The second-order valence-electron chi connectivity index (χ2n) is 6.63. The highest BCUT2D eigenvalue weighted by atomic mass is 16.6. The highest BCUT2D eigenvalue weighted by Gasteiger charge is 2.45. The standard InChI is InChI=1S/C21H21N3O3/c25-20(23-16-9-5-2-6-10-16)17-13-24(18-11-12-22-19(17)18)21(26)27-14-15-7-3-1-4-8-15/h1-11,17,19,22H,12-14H2,(H,23,25). The average molecular weight is 363 g/mol. The molecule has 2 heterocycles. The smallest absolute Gasteiger partial charge is 0.414 e. The van der Waals surface area contributed by atoms with Crippen LogP contribution in [0.25, 0.3) is 0 Å². The number of carbonyl (C=O) groups is 2. The van der Waals surface area contributed by atoms with E-state index in [-0.39, 0.29) is 24.5 Å². The Morgan fingerprint density at radius 2 is 1.78 bits per heavy atom. The van der Waals surface area contributed by atoms with Crippen LogP contribution in [0.5, 0.6) is 0 Å². The van der Waals surface area contributed by atoms with Crippen molar-refractivity contribution in [1.29, 1.82) is 0 Å². The summed E-state index contributed by atoms with van der Waals surface area (Å²) in [5.41, 5.74) is 2.50. The Hall–Kier alpha value is -3.12. The van der Waals surface area contributed by atoms with E-state index in [4.69, 9.17) is 4.74 Å². The van der Waals surface area contributed by atoms with Gasteiger partial charge in [-0.3, -0.25) is 9.69 Å². The number of benzene rings is 2. The average Bonchev–Trinajstić information content (AvgIpc) is 3.30. The summed E-state index contributed by atoms with van der Waals surface area (Å²) in [4.78, 5) is 26.9. The van der Waals surface area contributed by atoms with Gasteiger partial charge in [0.2, 0.25) is 5.91 Å². The van der Waals surface area contributed by atoms with E-state index >= 15 is 0 Å². The lowest BCUT2D eigenvalue weighted by Gasteiger charge is -2.17. The predicted octanol–water partition coefficient (Wildman–Crippen LogP) is 2.75. The highest BCUT2D eigenvalue weighted by Crippen LogP contribution is 2.31. The number of nitrogens with one attached hydrogen (secondary N) is 2. The third-order valence-corrected chi connectivity index (χ3v) is 4.86. The molecule has 0 aromatic heterocycles. The molecule has 6 nitrogen and oxygen atoms in total. The molecule has 2 unspecified atom stereocenters. The number of hydrogen-bond donors (Lipinski definition) is 2. The molecule has 1 saturated heterocycles. The van der Waals surface area contributed by atoms with Gasteiger partial charge < -0.3 is 15.4 Å². The van der Waals surface area contributed by atoms with Gasteiger partial charge in [-0.05, 0) is 23.8 Å². The zero-order valence-corrected chi connectivity index (χ0v) is 14.8. The zero-order valence-electron chi connectivity index (χ0n) is 14.8. The Morgan fingerprint density at radius 3 is 2.52 bits per heavy atom. The first kappa shape index (κ1) is 17.3. The second-order valence-corrected chi connectivity index (χ2v) is 6.63. The minimum Gasteiger partial charge on any atom is -0.444 e. The Bertz CT molecular complexity index is 851. The molecule has 2 aromatic carbocycles. The maximum absolute atomic E-state index is 12.7. The van der Waals surface area contributed by atoms with Gasteiger partial charge in [-0.1, -0.05) is 48.5 Å². The number of rotatable bonds is 4. The first-order chi connectivity index (χ1) is 13.2. The van der Waals surface area contributed by atoms with Gasteiger partial charge >= 0.3 is 6.09 Å². The first-order valence-corrected chi connectivity index (χ1v) is 9.00. The molecule has 2 aliphatic rings. The van der Waals surface area contributed by atoms with Crippen LogP contribution < -0.4 is 10.6 Å². The fourth-order valence-electron chi connectivity index (χ4n) is 3.52. The lowest BCUT2D eigenvalue weighted by atomic mass is 10.0. The zero-order chi connectivity index (χ0) is 18.6. The molecule has 2 atom stereocenters. The summed E-state index contributed by atoms with van der Waals surface area (Å²) in [6.07, 6.45) is 1.53. The lowest BCUT2D eigenvalue weighted by molar-refractivity contribution is -0.119. The topological polar surface area (TPSA) is 70.7 Å². The van der Waals surface area contributed by atoms with Crippen LogP contribution in [-0.4, -0.2) is 36.0 Å². The largest absolute Gasteiger partial charge is 0.444 e. The molecule has 6 heteroatoms. The molecule has 0 radical (unpaired) electrons. The molecular weight excluding hydrogens is 342 g/mol. The molecule has 0 aliphatic carbocycles. The summed E-state index contributed by atoms with van der Waals surface area (Å²) >= 11 is 0. The van der Waals surface area contributed by atoms with Crippen molar-refractivity contribution in [3.63, 3.8) is 0 Å². The molecule has 138 valence electrons. The van der Waals surface area contributed by atoms with Crippen molar-refractivity contribution < 1.29 is 14.3 Å². The van der Waals surface area contributed by atoms with Crippen LogP contribution in [0.1, 0.15) is 5.56 Å². The summed E-state index contributed by atoms with van der Waals surface area (Å²) < 4.78 is 5.45. The number of anilines is 1. The van der Waals surface area contributed by atoms with Crippen molar-refractivity contribution in [3.8, 4) is 0 Å². The number of hydrogen-bond acceptors (Lipinski definition) is 4. The van der Waals surface area contributed by atoms with Crippen LogP contribution in [0.15, 0.2) is 72.4 Å². The number of para-hydroxylation sites is 1. The third kappa shape index (κ3) is 3.71. The van der Waals surface area contributed by atoms with Gasteiger partial charge in [0.1, 0.15) is 6.61 Å². The molecule has 2 aliphatic heterocycles. The number of fused-ring (bicyclic) bond motifs is 1. The summed E-state index contributed by atoms with van der Waals surface area (Å²) in [6.45, 7) is 1.15. The van der Waals surface area contributed by atoms with Crippen LogP contribution in [0.4, 0.5) is 10.5 Å². The SMILES string of the molecule is O=C(Nc1ccccc1)C1CN(C(=O)OCc2ccccc2)C2=CCNC21. The van der Waals surface area contributed by atoms with Crippen LogP contribution in [0.3, 0.4) is 0 Å². The van der Waals surface area contributed by atoms with E-state index in [0.717, 1.165) is 16.9 Å². The van der Waals surface area contributed by atoms with Gasteiger partial charge in [0.25, 0.3) is 0 Å². The molecule has 2 N–H and O–H groups in total. The van der Waals surface area contributed by atoms with Crippen molar-refractivity contribution in [1.82, 2.24) is 10.2 Å². The maximum atomic E-state index is 12.7. The van der Waals surface area contributed by atoms with Crippen molar-refractivity contribution >= 4 is 17.7 Å². The molecule has 0 spiro atoms. The van der Waals surface area contributed by atoms with Gasteiger partial charge in [0.05, 0.1) is 12.0 Å². The molecule has 1 fully saturated rings. The normalized spacial score (nSPS) is 20.7. The number of carbonyl (C=O) groups excluding carboxylic acids is 2. The van der Waals surface area contributed by atoms with Crippen LogP contribution >= 0.6 is 0 Å². The molecule has 0 bridgehead atoms. The van der Waals surface area contributed by atoms with E-state index in [1.54, 1.807) is 4.90 Å². The molecule has 2 aromatic rings. The van der Waals surface area contributed by atoms with Crippen LogP contribution in [-0.2, 0) is 16.1 Å². The molecule has 2 amide bonds. The Kier molecular flexibility index (Phi) is 4.89. The number of nitrogens with zero attached hydrogens (tertiary/aromatic N) is 1. The van der Waals surface area contributed by atoms with Gasteiger partial charge in [-0.15, -0.1) is 0 Å². The summed E-state index contributed by atoms with van der Waals surface area (Å²) in [6, 6.07) is 18.7. The maximum Gasteiger partial charge on any atom is 0.414 e. The predicted molar refractivity (Wildman–Crippen MR) is 102 cm³/mol.